The summed E-state index contributed by atoms with van der Waals surface area (Å²) in [7, 11) is 0. The second-order valence-corrected chi connectivity index (χ2v) is 8.93. The van der Waals surface area contributed by atoms with Crippen LogP contribution in [0.15, 0.2) is 36.9 Å². The first-order valence-electron chi connectivity index (χ1n) is 10.4. The van der Waals surface area contributed by atoms with Crippen molar-refractivity contribution in [1.29, 1.82) is 0 Å². The third-order valence-electron chi connectivity index (χ3n) is 6.34. The van der Waals surface area contributed by atoms with Gasteiger partial charge in [-0.1, -0.05) is 23.2 Å². The molecule has 0 saturated carbocycles. The first-order valence-corrected chi connectivity index (χ1v) is 11.1. The lowest BCUT2D eigenvalue weighted by atomic mass is 9.90. The number of aliphatic carboxylic acids is 1. The van der Waals surface area contributed by atoms with Crippen molar-refractivity contribution in [2.24, 2.45) is 5.92 Å². The standard InChI is InChI=1S/C22H22Cl2N4O3/c23-16-3-2-15-18(27-7-6-25-12-27)10-19(26-22(15)21(16)24)28-14-1-4-17(28)13(9-14)11-31-8-5-20(29)30/h2-3,6-7,10,12-14,17H,1,4-5,8-9,11H2,(H,29,30)/t13-,14?,17?/m1/s1. The number of halogens is 2. The van der Waals surface area contributed by atoms with Crippen molar-refractivity contribution in [3.63, 3.8) is 0 Å². The fourth-order valence-electron chi connectivity index (χ4n) is 4.99. The summed E-state index contributed by atoms with van der Waals surface area (Å²) >= 11 is 12.9. The van der Waals surface area contributed by atoms with E-state index in [2.05, 4.69) is 16.0 Å². The van der Waals surface area contributed by atoms with Gasteiger partial charge in [0.05, 0.1) is 47.2 Å². The van der Waals surface area contributed by atoms with Crippen LogP contribution >= 0.6 is 23.2 Å². The molecule has 3 atom stereocenters. The number of pyridine rings is 1. The lowest BCUT2D eigenvalue weighted by Crippen LogP contribution is -2.32. The van der Waals surface area contributed by atoms with Gasteiger partial charge in [0.15, 0.2) is 0 Å². The highest BCUT2D eigenvalue weighted by molar-refractivity contribution is 6.45. The number of benzene rings is 1. The summed E-state index contributed by atoms with van der Waals surface area (Å²) in [5, 5.41) is 10.6. The van der Waals surface area contributed by atoms with E-state index in [1.807, 2.05) is 16.8 Å². The van der Waals surface area contributed by atoms with Crippen LogP contribution in [0.25, 0.3) is 16.6 Å². The van der Waals surface area contributed by atoms with Crippen LogP contribution in [0.2, 0.25) is 10.0 Å². The molecule has 2 unspecified atom stereocenters. The van der Waals surface area contributed by atoms with Crippen molar-refractivity contribution in [2.45, 2.75) is 37.8 Å². The van der Waals surface area contributed by atoms with Crippen LogP contribution in [-0.4, -0.2) is 50.9 Å². The van der Waals surface area contributed by atoms with Gasteiger partial charge in [-0.3, -0.25) is 4.79 Å². The van der Waals surface area contributed by atoms with Crippen molar-refractivity contribution >= 4 is 45.9 Å². The van der Waals surface area contributed by atoms with Crippen LogP contribution in [-0.2, 0) is 9.53 Å². The number of carbonyl (C=O) groups is 1. The van der Waals surface area contributed by atoms with Crippen molar-refractivity contribution in [3.05, 3.63) is 47.0 Å². The molecule has 2 saturated heterocycles. The molecule has 2 aliphatic rings. The van der Waals surface area contributed by atoms with Crippen molar-refractivity contribution in [2.75, 3.05) is 18.1 Å². The second kappa shape index (κ2) is 8.30. The van der Waals surface area contributed by atoms with E-state index in [0.717, 1.165) is 36.2 Å². The predicted octanol–water partition coefficient (Wildman–Crippen LogP) is 4.58. The Kier molecular flexibility index (Phi) is 5.50. The quantitative estimate of drug-likeness (QED) is 0.519. The molecular formula is C22H22Cl2N4O3. The van der Waals surface area contributed by atoms with Crippen molar-refractivity contribution < 1.29 is 14.6 Å². The Hall–Kier alpha value is -2.35. The Morgan fingerprint density at radius 3 is 2.94 bits per heavy atom. The van der Waals surface area contributed by atoms with Gasteiger partial charge in [-0.2, -0.15) is 0 Å². The number of nitrogens with zero attached hydrogens (tertiary/aromatic N) is 4. The molecule has 2 fully saturated rings. The van der Waals surface area contributed by atoms with Gasteiger partial charge in [-0.25, -0.2) is 9.97 Å². The highest BCUT2D eigenvalue weighted by Gasteiger charge is 2.47. The van der Waals surface area contributed by atoms with Gasteiger partial charge < -0.3 is 19.3 Å². The van der Waals surface area contributed by atoms with E-state index in [0.29, 0.717) is 40.2 Å². The van der Waals surface area contributed by atoms with E-state index in [1.54, 1.807) is 18.6 Å². The third kappa shape index (κ3) is 3.75. The van der Waals surface area contributed by atoms with Crippen LogP contribution in [0.1, 0.15) is 25.7 Å². The topological polar surface area (TPSA) is 80.5 Å². The highest BCUT2D eigenvalue weighted by atomic mass is 35.5. The molecule has 31 heavy (non-hydrogen) atoms. The summed E-state index contributed by atoms with van der Waals surface area (Å²) in [6.07, 6.45) is 8.64. The van der Waals surface area contributed by atoms with Gasteiger partial charge in [0, 0.05) is 41.8 Å². The van der Waals surface area contributed by atoms with Crippen molar-refractivity contribution in [3.8, 4) is 5.69 Å². The number of aromatic nitrogens is 3. The Morgan fingerprint density at radius 1 is 1.29 bits per heavy atom. The molecule has 1 aromatic carbocycles. The molecule has 1 N–H and O–H groups in total. The van der Waals surface area contributed by atoms with E-state index in [1.165, 1.54) is 0 Å². The van der Waals surface area contributed by atoms with E-state index in [-0.39, 0.29) is 13.0 Å². The molecule has 3 aromatic rings. The molecule has 2 aromatic heterocycles. The summed E-state index contributed by atoms with van der Waals surface area (Å²) in [5.74, 6) is 0.398. The number of hydrogen-bond donors (Lipinski definition) is 1. The van der Waals surface area contributed by atoms with E-state index in [4.69, 9.17) is 38.0 Å². The van der Waals surface area contributed by atoms with Crippen LogP contribution in [0.4, 0.5) is 5.82 Å². The molecule has 2 aliphatic heterocycles. The minimum atomic E-state index is -0.836. The molecule has 162 valence electrons. The number of carboxylic acids is 1. The van der Waals surface area contributed by atoms with E-state index >= 15 is 0 Å². The van der Waals surface area contributed by atoms with Gasteiger partial charge in [0.1, 0.15) is 5.82 Å². The largest absolute Gasteiger partial charge is 0.481 e. The number of fused-ring (bicyclic) bond motifs is 3. The Bertz CT molecular complexity index is 1120. The number of carboxylic acid groups (broad SMARTS) is 1. The molecule has 9 heteroatoms. The SMILES string of the molecule is O=C(O)CCOC[C@H]1CC2CCC1N2c1cc(-n2ccnc2)c2ccc(Cl)c(Cl)c2n1. The lowest BCUT2D eigenvalue weighted by molar-refractivity contribution is -0.138. The van der Waals surface area contributed by atoms with Crippen LogP contribution in [0.5, 0.6) is 0 Å². The summed E-state index contributed by atoms with van der Waals surface area (Å²) in [4.78, 5) is 22.2. The van der Waals surface area contributed by atoms with Crippen LogP contribution in [0.3, 0.4) is 0 Å². The average Bonchev–Trinajstić information content (AvgIpc) is 3.49. The van der Waals surface area contributed by atoms with Gasteiger partial charge in [0.2, 0.25) is 0 Å². The fraction of sp³-hybridized carbons (Fsp3) is 0.409. The summed E-state index contributed by atoms with van der Waals surface area (Å²) in [5.41, 5.74) is 1.63. The maximum atomic E-state index is 10.7. The molecular weight excluding hydrogens is 439 g/mol. The summed E-state index contributed by atoms with van der Waals surface area (Å²) < 4.78 is 7.63. The fourth-order valence-corrected chi connectivity index (χ4v) is 5.35. The zero-order valence-electron chi connectivity index (χ0n) is 16.7. The molecule has 0 amide bonds. The van der Waals surface area contributed by atoms with E-state index < -0.39 is 5.97 Å². The zero-order valence-corrected chi connectivity index (χ0v) is 18.3. The van der Waals surface area contributed by atoms with Crippen LogP contribution in [0, 0.1) is 5.92 Å². The first kappa shape index (κ1) is 20.5. The Balaban J connectivity index is 1.49. The summed E-state index contributed by atoms with van der Waals surface area (Å²) in [6, 6.07) is 6.52. The number of imidazole rings is 1. The minimum absolute atomic E-state index is 0.0320. The molecule has 7 nitrogen and oxygen atoms in total. The molecule has 5 rings (SSSR count). The van der Waals surface area contributed by atoms with Gasteiger partial charge in [-0.15, -0.1) is 0 Å². The predicted molar refractivity (Wildman–Crippen MR) is 119 cm³/mol. The lowest BCUT2D eigenvalue weighted by Gasteiger charge is -2.26. The Morgan fingerprint density at radius 2 is 2.16 bits per heavy atom. The number of anilines is 1. The highest BCUT2D eigenvalue weighted by Crippen LogP contribution is 2.45. The maximum Gasteiger partial charge on any atom is 0.305 e. The number of rotatable bonds is 7. The minimum Gasteiger partial charge on any atom is -0.481 e. The molecule has 0 aliphatic carbocycles. The molecule has 0 spiro atoms. The second-order valence-electron chi connectivity index (χ2n) is 8.15. The monoisotopic (exact) mass is 460 g/mol. The van der Waals surface area contributed by atoms with Gasteiger partial charge in [0.25, 0.3) is 0 Å². The maximum absolute atomic E-state index is 10.7. The van der Waals surface area contributed by atoms with Crippen LogP contribution < -0.4 is 4.90 Å². The third-order valence-corrected chi connectivity index (χ3v) is 7.14. The smallest absolute Gasteiger partial charge is 0.305 e. The number of hydrogen-bond acceptors (Lipinski definition) is 5. The molecule has 0 radical (unpaired) electrons. The average molecular weight is 461 g/mol. The number of ether oxygens (including phenoxy) is 1. The normalized spacial score (nSPS) is 22.5. The van der Waals surface area contributed by atoms with Gasteiger partial charge in [-0.05, 0) is 31.4 Å². The summed E-state index contributed by atoms with van der Waals surface area (Å²) in [6.45, 7) is 0.815. The Labute approximate surface area is 189 Å². The van der Waals surface area contributed by atoms with Crippen molar-refractivity contribution in [1.82, 2.24) is 14.5 Å². The van der Waals surface area contributed by atoms with Gasteiger partial charge >= 0.3 is 5.97 Å². The van der Waals surface area contributed by atoms with E-state index in [9.17, 15) is 4.79 Å². The molecule has 4 heterocycles. The zero-order chi connectivity index (χ0) is 21.5. The first-order chi connectivity index (χ1) is 15.0. The molecule has 2 bridgehead atoms.